The highest BCUT2D eigenvalue weighted by molar-refractivity contribution is 7.17. The van der Waals surface area contributed by atoms with Crippen LogP contribution in [-0.2, 0) is 0 Å². The van der Waals surface area contributed by atoms with Crippen LogP contribution in [0, 0.1) is 0 Å². The lowest BCUT2D eigenvalue weighted by atomic mass is 10.2. The lowest BCUT2D eigenvalue weighted by molar-refractivity contribution is 0.415. The molecule has 6 heteroatoms. The van der Waals surface area contributed by atoms with Gasteiger partial charge in [-0.05, 0) is 23.8 Å². The van der Waals surface area contributed by atoms with E-state index in [2.05, 4.69) is 29.1 Å². The van der Waals surface area contributed by atoms with Crippen LogP contribution in [0.5, 0.6) is 5.75 Å². The lowest BCUT2D eigenvalue weighted by Crippen LogP contribution is -1.97. The molecule has 0 saturated heterocycles. The van der Waals surface area contributed by atoms with Gasteiger partial charge >= 0.3 is 0 Å². The van der Waals surface area contributed by atoms with Crippen molar-refractivity contribution < 1.29 is 4.74 Å². The lowest BCUT2D eigenvalue weighted by Gasteiger charge is -1.98. The minimum atomic E-state index is 0.306. The molecule has 2 aromatic heterocycles. The molecule has 3 rings (SSSR count). The van der Waals surface area contributed by atoms with Crippen molar-refractivity contribution in [2.24, 2.45) is 0 Å². The van der Waals surface area contributed by atoms with Crippen molar-refractivity contribution in [2.75, 3.05) is 7.11 Å². The molecule has 2 heterocycles. The monoisotopic (exact) mass is 300 g/mol. The molecule has 21 heavy (non-hydrogen) atoms. The highest BCUT2D eigenvalue weighted by atomic mass is 32.1. The van der Waals surface area contributed by atoms with Crippen molar-refractivity contribution in [1.29, 1.82) is 0 Å². The van der Waals surface area contributed by atoms with Gasteiger partial charge in [-0.3, -0.25) is 0 Å². The summed E-state index contributed by atoms with van der Waals surface area (Å²) in [5, 5.41) is 13.8. The quantitative estimate of drug-likeness (QED) is 0.740. The first-order valence-electron chi connectivity index (χ1n) is 6.71. The van der Waals surface area contributed by atoms with Crippen molar-refractivity contribution in [1.82, 2.24) is 19.8 Å². The van der Waals surface area contributed by atoms with E-state index >= 15 is 0 Å². The second-order valence-corrected chi connectivity index (χ2v) is 5.94. The van der Waals surface area contributed by atoms with Crippen LogP contribution in [0.4, 0.5) is 0 Å². The Kier molecular flexibility index (Phi) is 3.70. The molecule has 0 spiro atoms. The molecule has 0 saturated carbocycles. The third kappa shape index (κ3) is 2.80. The van der Waals surface area contributed by atoms with Crippen molar-refractivity contribution >= 4 is 28.4 Å². The number of ether oxygens (including phenoxy) is 1. The van der Waals surface area contributed by atoms with E-state index < -0.39 is 0 Å². The maximum Gasteiger partial charge on any atom is 0.234 e. The fourth-order valence-electron chi connectivity index (χ4n) is 1.96. The number of nitrogens with zero attached hydrogens (tertiary/aromatic N) is 4. The molecule has 5 nitrogen and oxygen atoms in total. The van der Waals surface area contributed by atoms with Crippen LogP contribution >= 0.6 is 11.3 Å². The van der Waals surface area contributed by atoms with E-state index in [0.717, 1.165) is 27.1 Å². The normalized spacial score (nSPS) is 11.8. The van der Waals surface area contributed by atoms with Gasteiger partial charge in [-0.1, -0.05) is 43.4 Å². The maximum absolute atomic E-state index is 5.14. The van der Waals surface area contributed by atoms with Gasteiger partial charge in [-0.15, -0.1) is 10.2 Å². The summed E-state index contributed by atoms with van der Waals surface area (Å²) >= 11 is 1.53. The number of benzene rings is 1. The second-order valence-electron chi connectivity index (χ2n) is 4.95. The third-order valence-electron chi connectivity index (χ3n) is 3.08. The van der Waals surface area contributed by atoms with Gasteiger partial charge in [-0.2, -0.15) is 9.61 Å². The van der Waals surface area contributed by atoms with Crippen LogP contribution in [0.2, 0.25) is 0 Å². The van der Waals surface area contributed by atoms with Crippen LogP contribution in [0.1, 0.15) is 36.2 Å². The van der Waals surface area contributed by atoms with Crippen molar-refractivity contribution in [2.45, 2.75) is 19.8 Å². The Labute approximate surface area is 126 Å². The zero-order valence-electron chi connectivity index (χ0n) is 12.1. The summed E-state index contributed by atoms with van der Waals surface area (Å²) < 4.78 is 6.97. The molecular formula is C15H16N4OS. The molecule has 1 aromatic carbocycles. The van der Waals surface area contributed by atoms with E-state index in [1.54, 1.807) is 7.11 Å². The van der Waals surface area contributed by atoms with Gasteiger partial charge in [0.25, 0.3) is 0 Å². The average molecular weight is 300 g/mol. The topological polar surface area (TPSA) is 52.3 Å². The van der Waals surface area contributed by atoms with E-state index in [4.69, 9.17) is 4.74 Å². The smallest absolute Gasteiger partial charge is 0.234 e. The van der Waals surface area contributed by atoms with Gasteiger partial charge in [0.1, 0.15) is 10.8 Å². The highest BCUT2D eigenvalue weighted by Crippen LogP contribution is 2.20. The zero-order valence-corrected chi connectivity index (χ0v) is 13.0. The van der Waals surface area contributed by atoms with Crippen molar-refractivity contribution in [3.8, 4) is 5.75 Å². The summed E-state index contributed by atoms with van der Waals surface area (Å²) in [5.41, 5.74) is 1.10. The molecule has 3 aromatic rings. The minimum absolute atomic E-state index is 0.306. The molecule has 0 aliphatic rings. The highest BCUT2D eigenvalue weighted by Gasteiger charge is 2.12. The molecule has 0 N–H and O–H groups in total. The van der Waals surface area contributed by atoms with Gasteiger partial charge in [0, 0.05) is 5.92 Å². The molecule has 0 atom stereocenters. The Hall–Kier alpha value is -2.21. The van der Waals surface area contributed by atoms with Gasteiger partial charge in [0.15, 0.2) is 5.82 Å². The van der Waals surface area contributed by atoms with Gasteiger partial charge in [0.05, 0.1) is 7.11 Å². The molecular weight excluding hydrogens is 284 g/mol. The summed E-state index contributed by atoms with van der Waals surface area (Å²) in [6, 6.07) is 7.90. The number of methoxy groups -OCH3 is 1. The number of aromatic nitrogens is 4. The summed E-state index contributed by atoms with van der Waals surface area (Å²) in [6.07, 6.45) is 4.02. The van der Waals surface area contributed by atoms with E-state index in [0.29, 0.717) is 5.92 Å². The van der Waals surface area contributed by atoms with Gasteiger partial charge < -0.3 is 4.74 Å². The first kappa shape index (κ1) is 13.8. The van der Waals surface area contributed by atoms with Crippen LogP contribution in [0.25, 0.3) is 17.1 Å². The van der Waals surface area contributed by atoms with E-state index in [1.165, 1.54) is 11.3 Å². The largest absolute Gasteiger partial charge is 0.497 e. The Bertz CT molecular complexity index is 771. The Morgan fingerprint density at radius 1 is 1.14 bits per heavy atom. The number of hydrogen-bond acceptors (Lipinski definition) is 5. The first-order valence-corrected chi connectivity index (χ1v) is 7.53. The summed E-state index contributed by atoms with van der Waals surface area (Å²) in [5.74, 6) is 2.05. The molecule has 0 unspecified atom stereocenters. The van der Waals surface area contributed by atoms with Crippen LogP contribution in [0.3, 0.4) is 0 Å². The van der Waals surface area contributed by atoms with Gasteiger partial charge in [0.2, 0.25) is 4.96 Å². The number of rotatable bonds is 4. The van der Waals surface area contributed by atoms with Crippen LogP contribution in [0.15, 0.2) is 24.3 Å². The van der Waals surface area contributed by atoms with Crippen molar-refractivity contribution in [3.05, 3.63) is 40.7 Å². The summed E-state index contributed by atoms with van der Waals surface area (Å²) in [6.45, 7) is 4.17. The molecule has 0 aliphatic carbocycles. The Morgan fingerprint density at radius 2 is 1.90 bits per heavy atom. The summed E-state index contributed by atoms with van der Waals surface area (Å²) in [4.78, 5) is 0.827. The van der Waals surface area contributed by atoms with Crippen molar-refractivity contribution in [3.63, 3.8) is 0 Å². The predicted molar refractivity (Wildman–Crippen MR) is 84.7 cm³/mol. The number of hydrogen-bond donors (Lipinski definition) is 0. The van der Waals surface area contributed by atoms with Crippen LogP contribution in [-0.4, -0.2) is 26.9 Å². The molecule has 0 aliphatic heterocycles. The number of fused-ring (bicyclic) bond motifs is 1. The van der Waals surface area contributed by atoms with E-state index in [-0.39, 0.29) is 0 Å². The fraction of sp³-hybridized carbons (Fsp3) is 0.267. The summed E-state index contributed by atoms with van der Waals surface area (Å²) in [7, 11) is 1.66. The molecule has 0 amide bonds. The molecule has 0 fully saturated rings. The van der Waals surface area contributed by atoms with E-state index in [1.807, 2.05) is 40.9 Å². The minimum Gasteiger partial charge on any atom is -0.497 e. The fourth-order valence-corrected chi connectivity index (χ4v) is 2.70. The third-order valence-corrected chi connectivity index (χ3v) is 3.95. The maximum atomic E-state index is 5.14. The predicted octanol–water partition coefficient (Wildman–Crippen LogP) is 3.49. The molecule has 108 valence electrons. The Balaban J connectivity index is 1.85. The zero-order chi connectivity index (χ0) is 14.8. The average Bonchev–Trinajstić information content (AvgIpc) is 3.05. The molecule has 0 radical (unpaired) electrons. The SMILES string of the molecule is COc1ccc(/C=C\c2nn3c(C(C)C)nnc3s2)cc1. The van der Waals surface area contributed by atoms with Crippen LogP contribution < -0.4 is 4.74 Å². The van der Waals surface area contributed by atoms with E-state index in [9.17, 15) is 0 Å². The second kappa shape index (κ2) is 5.65. The Morgan fingerprint density at radius 3 is 2.57 bits per heavy atom. The molecule has 0 bridgehead atoms. The standard InChI is InChI=1S/C15H16N4OS/c1-10(2)14-16-17-15-19(14)18-13(21-15)9-6-11-4-7-12(20-3)8-5-11/h4-10H,1-3H3/b9-6-. The van der Waals surface area contributed by atoms with Gasteiger partial charge in [-0.25, -0.2) is 0 Å². The first-order chi connectivity index (χ1) is 10.2.